The largest absolute Gasteiger partial charge is 0.497 e. The number of para-hydroxylation sites is 1. The van der Waals surface area contributed by atoms with E-state index in [1.807, 2.05) is 72.8 Å². The maximum atomic E-state index is 12.6. The molecule has 0 aromatic heterocycles. The van der Waals surface area contributed by atoms with E-state index >= 15 is 0 Å². The number of ether oxygens (including phenoxy) is 3. The molecule has 3 aromatic rings. The van der Waals surface area contributed by atoms with Crippen LogP contribution in [-0.4, -0.2) is 26.7 Å². The molecular weight excluding hydrogens is 434 g/mol. The highest BCUT2D eigenvalue weighted by molar-refractivity contribution is 9.10. The van der Waals surface area contributed by atoms with Crippen LogP contribution in [0.5, 0.6) is 17.2 Å². The summed E-state index contributed by atoms with van der Waals surface area (Å²) >= 11 is 3.42. The predicted molar refractivity (Wildman–Crippen MR) is 116 cm³/mol. The Balaban J connectivity index is 1.78. The summed E-state index contributed by atoms with van der Waals surface area (Å²) in [5.74, 6) is 1.90. The Labute approximate surface area is 178 Å². The van der Waals surface area contributed by atoms with Crippen LogP contribution in [0.15, 0.2) is 77.3 Å². The first kappa shape index (κ1) is 20.7. The van der Waals surface area contributed by atoms with Crippen molar-refractivity contribution in [3.8, 4) is 17.2 Å². The van der Waals surface area contributed by atoms with Crippen molar-refractivity contribution >= 4 is 21.8 Å². The number of hydrogen-bond acceptors (Lipinski definition) is 4. The second kappa shape index (κ2) is 9.98. The van der Waals surface area contributed by atoms with Crippen molar-refractivity contribution in [1.82, 2.24) is 5.32 Å². The lowest BCUT2D eigenvalue weighted by atomic mass is 9.98. The topological polar surface area (TPSA) is 56.8 Å². The first-order valence-electron chi connectivity index (χ1n) is 9.05. The Hall–Kier alpha value is -2.99. The van der Waals surface area contributed by atoms with Crippen molar-refractivity contribution in [2.45, 2.75) is 6.04 Å². The summed E-state index contributed by atoms with van der Waals surface area (Å²) in [6.07, 6.45) is 0. The molecule has 29 heavy (non-hydrogen) atoms. The normalized spacial score (nSPS) is 10.5. The van der Waals surface area contributed by atoms with Gasteiger partial charge < -0.3 is 19.5 Å². The van der Waals surface area contributed by atoms with Crippen LogP contribution >= 0.6 is 15.9 Å². The maximum absolute atomic E-state index is 12.6. The fraction of sp³-hybridized carbons (Fsp3) is 0.174. The molecule has 0 atom stereocenters. The Morgan fingerprint density at radius 2 is 1.38 bits per heavy atom. The molecule has 0 aliphatic carbocycles. The molecule has 0 aliphatic heterocycles. The summed E-state index contributed by atoms with van der Waals surface area (Å²) in [5, 5.41) is 3.05. The fourth-order valence-corrected chi connectivity index (χ4v) is 3.26. The molecule has 0 aliphatic rings. The molecule has 1 amide bonds. The summed E-state index contributed by atoms with van der Waals surface area (Å²) in [7, 11) is 3.24. The molecule has 1 N–H and O–H groups in total. The number of hydrogen-bond donors (Lipinski definition) is 1. The van der Waals surface area contributed by atoms with Crippen LogP contribution in [0.25, 0.3) is 0 Å². The minimum Gasteiger partial charge on any atom is -0.497 e. The number of halogens is 1. The van der Waals surface area contributed by atoms with E-state index in [-0.39, 0.29) is 18.6 Å². The highest BCUT2D eigenvalue weighted by Crippen LogP contribution is 2.27. The smallest absolute Gasteiger partial charge is 0.258 e. The third-order valence-electron chi connectivity index (χ3n) is 4.40. The van der Waals surface area contributed by atoms with E-state index in [0.717, 1.165) is 27.1 Å². The van der Waals surface area contributed by atoms with Gasteiger partial charge in [0.2, 0.25) is 0 Å². The summed E-state index contributed by atoms with van der Waals surface area (Å²) in [6, 6.07) is 22.3. The lowest BCUT2D eigenvalue weighted by Crippen LogP contribution is -2.33. The second-order valence-electron chi connectivity index (χ2n) is 6.27. The molecule has 3 aromatic carbocycles. The average Bonchev–Trinajstić information content (AvgIpc) is 2.77. The molecular formula is C23H22BrNO4. The molecule has 0 heterocycles. The first-order chi connectivity index (χ1) is 14.1. The molecule has 0 spiro atoms. The lowest BCUT2D eigenvalue weighted by Gasteiger charge is -2.21. The Kier molecular flexibility index (Phi) is 7.14. The van der Waals surface area contributed by atoms with Gasteiger partial charge in [0.15, 0.2) is 6.61 Å². The van der Waals surface area contributed by atoms with Gasteiger partial charge in [0, 0.05) is 0 Å². The molecule has 0 saturated heterocycles. The summed E-state index contributed by atoms with van der Waals surface area (Å²) in [5.41, 5.74) is 1.87. The third kappa shape index (κ3) is 5.51. The zero-order valence-electron chi connectivity index (χ0n) is 16.2. The van der Waals surface area contributed by atoms with E-state index in [4.69, 9.17) is 14.2 Å². The van der Waals surface area contributed by atoms with E-state index < -0.39 is 0 Å². The van der Waals surface area contributed by atoms with Gasteiger partial charge in [-0.05, 0) is 63.5 Å². The number of amides is 1. The zero-order chi connectivity index (χ0) is 20.6. The lowest BCUT2D eigenvalue weighted by molar-refractivity contribution is -0.123. The third-order valence-corrected chi connectivity index (χ3v) is 5.05. The molecule has 3 rings (SSSR count). The molecule has 5 nitrogen and oxygen atoms in total. The zero-order valence-corrected chi connectivity index (χ0v) is 17.8. The highest BCUT2D eigenvalue weighted by atomic mass is 79.9. The first-order valence-corrected chi connectivity index (χ1v) is 9.84. The van der Waals surface area contributed by atoms with E-state index in [0.29, 0.717) is 5.75 Å². The van der Waals surface area contributed by atoms with Gasteiger partial charge in [-0.1, -0.05) is 36.4 Å². The monoisotopic (exact) mass is 455 g/mol. The Morgan fingerprint density at radius 3 is 1.86 bits per heavy atom. The van der Waals surface area contributed by atoms with Gasteiger partial charge in [0.05, 0.1) is 24.7 Å². The fourth-order valence-electron chi connectivity index (χ4n) is 2.86. The summed E-state index contributed by atoms with van der Waals surface area (Å²) in [4.78, 5) is 12.6. The van der Waals surface area contributed by atoms with Gasteiger partial charge in [-0.3, -0.25) is 4.79 Å². The van der Waals surface area contributed by atoms with Crippen molar-refractivity contribution in [3.63, 3.8) is 0 Å². The molecule has 0 unspecified atom stereocenters. The number of nitrogens with one attached hydrogen (secondary N) is 1. The highest BCUT2D eigenvalue weighted by Gasteiger charge is 2.18. The number of carbonyl (C=O) groups excluding carboxylic acids is 1. The van der Waals surface area contributed by atoms with Gasteiger partial charge in [-0.2, -0.15) is 0 Å². The molecule has 6 heteroatoms. The van der Waals surface area contributed by atoms with E-state index in [9.17, 15) is 4.79 Å². The van der Waals surface area contributed by atoms with Crippen molar-refractivity contribution in [2.24, 2.45) is 0 Å². The Bertz CT molecular complexity index is 894. The maximum Gasteiger partial charge on any atom is 0.258 e. The van der Waals surface area contributed by atoms with Crippen LogP contribution in [0.2, 0.25) is 0 Å². The number of carbonyl (C=O) groups is 1. The average molecular weight is 456 g/mol. The van der Waals surface area contributed by atoms with Gasteiger partial charge in [-0.25, -0.2) is 0 Å². The number of methoxy groups -OCH3 is 2. The van der Waals surface area contributed by atoms with Crippen LogP contribution in [0.1, 0.15) is 17.2 Å². The van der Waals surface area contributed by atoms with Crippen molar-refractivity contribution in [1.29, 1.82) is 0 Å². The van der Waals surface area contributed by atoms with E-state index in [2.05, 4.69) is 21.2 Å². The van der Waals surface area contributed by atoms with Gasteiger partial charge in [0.25, 0.3) is 5.91 Å². The van der Waals surface area contributed by atoms with Crippen LogP contribution in [0, 0.1) is 0 Å². The number of rotatable bonds is 8. The van der Waals surface area contributed by atoms with E-state index in [1.165, 1.54) is 0 Å². The minimum atomic E-state index is -0.331. The summed E-state index contributed by atoms with van der Waals surface area (Å²) in [6.45, 7) is -0.0918. The van der Waals surface area contributed by atoms with Crippen LogP contribution < -0.4 is 19.5 Å². The predicted octanol–water partition coefficient (Wildman–Crippen LogP) is 4.75. The standard InChI is InChI=1S/C23H22BrNO4/c1-27-18-11-7-16(8-12-18)23(17-9-13-19(28-2)14-10-17)25-22(26)15-29-21-6-4-3-5-20(21)24/h3-14,23H,15H2,1-2H3,(H,25,26). The SMILES string of the molecule is COc1ccc(C(NC(=O)COc2ccccc2Br)c2ccc(OC)cc2)cc1. The van der Waals surface area contributed by atoms with E-state index in [1.54, 1.807) is 14.2 Å². The molecule has 0 bridgehead atoms. The van der Waals surface area contributed by atoms with Gasteiger partial charge >= 0.3 is 0 Å². The molecule has 0 radical (unpaired) electrons. The van der Waals surface area contributed by atoms with Gasteiger partial charge in [-0.15, -0.1) is 0 Å². The quantitative estimate of drug-likeness (QED) is 0.532. The van der Waals surface area contributed by atoms with Crippen LogP contribution in [0.4, 0.5) is 0 Å². The second-order valence-corrected chi connectivity index (χ2v) is 7.12. The minimum absolute atomic E-state index is 0.0918. The van der Waals surface area contributed by atoms with Crippen molar-refractivity contribution in [3.05, 3.63) is 88.4 Å². The van der Waals surface area contributed by atoms with Crippen molar-refractivity contribution < 1.29 is 19.0 Å². The molecule has 0 fully saturated rings. The summed E-state index contributed by atoms with van der Waals surface area (Å²) < 4.78 is 16.9. The van der Waals surface area contributed by atoms with Crippen LogP contribution in [-0.2, 0) is 4.79 Å². The molecule has 150 valence electrons. The van der Waals surface area contributed by atoms with Crippen LogP contribution in [0.3, 0.4) is 0 Å². The Morgan fingerprint density at radius 1 is 0.862 bits per heavy atom. The van der Waals surface area contributed by atoms with Crippen molar-refractivity contribution in [2.75, 3.05) is 20.8 Å². The molecule has 0 saturated carbocycles. The van der Waals surface area contributed by atoms with Gasteiger partial charge in [0.1, 0.15) is 17.2 Å². The number of benzene rings is 3.